The molecule has 1 rings (SSSR count). The molecule has 0 bridgehead atoms. The highest BCUT2D eigenvalue weighted by molar-refractivity contribution is 5.46. The van der Waals surface area contributed by atoms with E-state index < -0.39 is 17.7 Å². The summed E-state index contributed by atoms with van der Waals surface area (Å²) in [6.45, 7) is 4.45. The predicted octanol–water partition coefficient (Wildman–Crippen LogP) is 2.86. The van der Waals surface area contributed by atoms with Gasteiger partial charge in [0.05, 0.1) is 18.4 Å². The van der Waals surface area contributed by atoms with Crippen molar-refractivity contribution in [1.29, 1.82) is 0 Å². The van der Waals surface area contributed by atoms with E-state index in [0.717, 1.165) is 25.0 Å². The van der Waals surface area contributed by atoms with E-state index in [9.17, 15) is 13.9 Å². The van der Waals surface area contributed by atoms with Crippen molar-refractivity contribution in [3.63, 3.8) is 0 Å². The first-order valence-corrected chi connectivity index (χ1v) is 6.50. The monoisotopic (exact) mass is 273 g/mol. The van der Waals surface area contributed by atoms with Crippen LogP contribution >= 0.6 is 0 Å². The van der Waals surface area contributed by atoms with Gasteiger partial charge in [-0.3, -0.25) is 0 Å². The van der Waals surface area contributed by atoms with Gasteiger partial charge in [-0.1, -0.05) is 13.3 Å². The van der Waals surface area contributed by atoms with Crippen molar-refractivity contribution in [1.82, 2.24) is 0 Å². The maximum absolute atomic E-state index is 13.5. The highest BCUT2D eigenvalue weighted by Gasteiger charge is 2.09. The average Bonchev–Trinajstić information content (AvgIpc) is 2.37. The van der Waals surface area contributed by atoms with Crippen LogP contribution in [-0.4, -0.2) is 31.0 Å². The van der Waals surface area contributed by atoms with Gasteiger partial charge in [0, 0.05) is 19.2 Å². The number of benzene rings is 1. The normalized spacial score (nSPS) is 12.5. The summed E-state index contributed by atoms with van der Waals surface area (Å²) in [5, 5.41) is 12.3. The second-order valence-electron chi connectivity index (χ2n) is 4.54. The third-order valence-corrected chi connectivity index (χ3v) is 2.73. The van der Waals surface area contributed by atoms with Gasteiger partial charge in [-0.2, -0.15) is 0 Å². The first-order valence-electron chi connectivity index (χ1n) is 6.50. The van der Waals surface area contributed by atoms with Crippen molar-refractivity contribution < 1.29 is 18.6 Å². The molecular formula is C14H21F2NO2. The molecule has 0 amide bonds. The molecule has 5 heteroatoms. The Hall–Kier alpha value is -1.20. The quantitative estimate of drug-likeness (QED) is 0.716. The van der Waals surface area contributed by atoms with Crippen molar-refractivity contribution in [2.45, 2.75) is 32.8 Å². The van der Waals surface area contributed by atoms with E-state index in [0.29, 0.717) is 6.61 Å². The molecule has 1 aromatic rings. The second kappa shape index (κ2) is 8.07. The van der Waals surface area contributed by atoms with Crippen LogP contribution in [0.3, 0.4) is 0 Å². The lowest BCUT2D eigenvalue weighted by Gasteiger charge is -2.14. The fourth-order valence-electron chi connectivity index (χ4n) is 1.53. The number of aliphatic hydroxyl groups is 1. The van der Waals surface area contributed by atoms with Crippen LogP contribution in [0.25, 0.3) is 0 Å². The first-order chi connectivity index (χ1) is 9.04. The zero-order valence-corrected chi connectivity index (χ0v) is 11.4. The number of ether oxygens (including phenoxy) is 1. The number of hydrogen-bond acceptors (Lipinski definition) is 3. The van der Waals surface area contributed by atoms with E-state index >= 15 is 0 Å². The Morgan fingerprint density at radius 1 is 1.32 bits per heavy atom. The van der Waals surface area contributed by atoms with Gasteiger partial charge < -0.3 is 15.2 Å². The average molecular weight is 273 g/mol. The molecule has 0 spiro atoms. The second-order valence-corrected chi connectivity index (χ2v) is 4.54. The molecule has 0 saturated carbocycles. The van der Waals surface area contributed by atoms with E-state index in [1.54, 1.807) is 0 Å². The molecule has 0 aromatic heterocycles. The van der Waals surface area contributed by atoms with Crippen LogP contribution < -0.4 is 5.32 Å². The third-order valence-electron chi connectivity index (χ3n) is 2.73. The number of halogens is 2. The predicted molar refractivity (Wildman–Crippen MR) is 71.3 cm³/mol. The number of nitrogens with one attached hydrogen (secondary N) is 1. The van der Waals surface area contributed by atoms with Crippen molar-refractivity contribution in [3.05, 3.63) is 29.3 Å². The molecule has 1 aromatic carbocycles. The maximum Gasteiger partial charge on any atom is 0.146 e. The summed E-state index contributed by atoms with van der Waals surface area (Å²) < 4.78 is 32.0. The number of rotatable bonds is 8. The number of aliphatic hydroxyl groups excluding tert-OH is 1. The largest absolute Gasteiger partial charge is 0.389 e. The molecule has 0 heterocycles. The van der Waals surface area contributed by atoms with E-state index in [-0.39, 0.29) is 24.4 Å². The lowest BCUT2D eigenvalue weighted by atomic mass is 10.2. The summed E-state index contributed by atoms with van der Waals surface area (Å²) >= 11 is 0. The van der Waals surface area contributed by atoms with Crippen molar-refractivity contribution in [3.8, 4) is 0 Å². The zero-order valence-electron chi connectivity index (χ0n) is 11.4. The fourth-order valence-corrected chi connectivity index (χ4v) is 1.53. The summed E-state index contributed by atoms with van der Waals surface area (Å²) in [6.07, 6.45) is 1.22. The van der Waals surface area contributed by atoms with Crippen LogP contribution in [0.2, 0.25) is 0 Å². The maximum atomic E-state index is 13.5. The molecule has 19 heavy (non-hydrogen) atoms. The molecule has 2 N–H and O–H groups in total. The van der Waals surface area contributed by atoms with Gasteiger partial charge in [-0.05, 0) is 25.0 Å². The summed E-state index contributed by atoms with van der Waals surface area (Å²) in [5.74, 6) is -1.00. The highest BCUT2D eigenvalue weighted by atomic mass is 19.1. The van der Waals surface area contributed by atoms with Crippen LogP contribution in [0, 0.1) is 18.6 Å². The minimum atomic E-state index is -0.749. The molecule has 108 valence electrons. The van der Waals surface area contributed by atoms with Gasteiger partial charge in [0.1, 0.15) is 11.6 Å². The van der Waals surface area contributed by atoms with Crippen molar-refractivity contribution in [2.75, 3.05) is 25.1 Å². The molecule has 0 fully saturated rings. The third kappa shape index (κ3) is 5.53. The standard InChI is InChI=1S/C14H21F2NO2/c1-3-4-5-19-9-11(18)8-17-14-7-12(15)10(2)6-13(14)16/h6-7,11,17-18H,3-5,8-9H2,1-2H3. The number of anilines is 1. The summed E-state index contributed by atoms with van der Waals surface area (Å²) in [5.41, 5.74) is 0.308. The fraction of sp³-hybridized carbons (Fsp3) is 0.571. The molecule has 0 saturated heterocycles. The van der Waals surface area contributed by atoms with E-state index in [2.05, 4.69) is 12.2 Å². The number of aryl methyl sites for hydroxylation is 1. The van der Waals surface area contributed by atoms with E-state index in [1.165, 1.54) is 6.92 Å². The summed E-state index contributed by atoms with van der Waals surface area (Å²) in [7, 11) is 0. The van der Waals surface area contributed by atoms with Gasteiger partial charge in [-0.15, -0.1) is 0 Å². The van der Waals surface area contributed by atoms with E-state index in [4.69, 9.17) is 4.74 Å². The van der Waals surface area contributed by atoms with Crippen LogP contribution in [0.1, 0.15) is 25.3 Å². The van der Waals surface area contributed by atoms with Crippen molar-refractivity contribution in [2.24, 2.45) is 0 Å². The lowest BCUT2D eigenvalue weighted by Crippen LogP contribution is -2.25. The van der Waals surface area contributed by atoms with Gasteiger partial charge >= 0.3 is 0 Å². The van der Waals surface area contributed by atoms with Gasteiger partial charge in [-0.25, -0.2) is 8.78 Å². The molecule has 1 unspecified atom stereocenters. The van der Waals surface area contributed by atoms with Crippen LogP contribution in [0.15, 0.2) is 12.1 Å². The summed E-state index contributed by atoms with van der Waals surface area (Å²) in [6, 6.07) is 2.22. The molecule has 0 aliphatic heterocycles. The first kappa shape index (κ1) is 15.9. The zero-order chi connectivity index (χ0) is 14.3. The summed E-state index contributed by atoms with van der Waals surface area (Å²) in [4.78, 5) is 0. The topological polar surface area (TPSA) is 41.5 Å². The van der Waals surface area contributed by atoms with Gasteiger partial charge in [0.15, 0.2) is 0 Å². The van der Waals surface area contributed by atoms with Gasteiger partial charge in [0.25, 0.3) is 0 Å². The molecule has 3 nitrogen and oxygen atoms in total. The van der Waals surface area contributed by atoms with Crippen molar-refractivity contribution >= 4 is 5.69 Å². The smallest absolute Gasteiger partial charge is 0.146 e. The molecule has 0 radical (unpaired) electrons. The lowest BCUT2D eigenvalue weighted by molar-refractivity contribution is 0.0421. The Kier molecular flexibility index (Phi) is 6.73. The molecule has 1 atom stereocenters. The number of unbranched alkanes of at least 4 members (excludes halogenated alkanes) is 1. The molecular weight excluding hydrogens is 252 g/mol. The number of hydrogen-bond donors (Lipinski definition) is 2. The molecule has 0 aliphatic carbocycles. The Morgan fingerprint density at radius 2 is 2.05 bits per heavy atom. The minimum Gasteiger partial charge on any atom is -0.389 e. The Balaban J connectivity index is 2.37. The Morgan fingerprint density at radius 3 is 2.74 bits per heavy atom. The van der Waals surface area contributed by atoms with Crippen LogP contribution in [0.5, 0.6) is 0 Å². The SMILES string of the molecule is CCCCOCC(O)CNc1cc(F)c(C)cc1F. The van der Waals surface area contributed by atoms with E-state index in [1.807, 2.05) is 0 Å². The highest BCUT2D eigenvalue weighted by Crippen LogP contribution is 2.18. The van der Waals surface area contributed by atoms with Crippen LogP contribution in [0.4, 0.5) is 14.5 Å². The Labute approximate surface area is 112 Å². The minimum absolute atomic E-state index is 0.0516. The van der Waals surface area contributed by atoms with Crippen LogP contribution in [-0.2, 0) is 4.74 Å². The molecule has 0 aliphatic rings. The van der Waals surface area contributed by atoms with Gasteiger partial charge in [0.2, 0.25) is 0 Å². The Bertz CT molecular complexity index is 399.